The molecule has 0 aliphatic heterocycles. The largest absolute Gasteiger partial charge is 0.449 e. The quantitative estimate of drug-likeness (QED) is 0.662. The Morgan fingerprint density at radius 2 is 1.95 bits per heavy atom. The van der Waals surface area contributed by atoms with E-state index in [1.165, 1.54) is 13.0 Å². The lowest BCUT2D eigenvalue weighted by atomic mass is 10.1. The summed E-state index contributed by atoms with van der Waals surface area (Å²) in [7, 11) is 0. The number of carbonyl (C=O) groups is 2. The van der Waals surface area contributed by atoms with Crippen LogP contribution in [0.5, 0.6) is 0 Å². The van der Waals surface area contributed by atoms with E-state index in [4.69, 9.17) is 27.9 Å². The summed E-state index contributed by atoms with van der Waals surface area (Å²) < 4.78 is 4.95. The van der Waals surface area contributed by atoms with E-state index in [0.717, 1.165) is 5.56 Å². The first-order valence-electron chi connectivity index (χ1n) is 6.43. The minimum atomic E-state index is -0.887. The highest BCUT2D eigenvalue weighted by molar-refractivity contribution is 6.35. The van der Waals surface area contributed by atoms with Crippen molar-refractivity contribution < 1.29 is 14.3 Å². The molecule has 0 aliphatic rings. The number of esters is 1. The van der Waals surface area contributed by atoms with Crippen molar-refractivity contribution in [1.29, 1.82) is 0 Å². The molecule has 1 aromatic rings. The molecule has 6 heteroatoms. The van der Waals surface area contributed by atoms with Gasteiger partial charge in [-0.25, -0.2) is 4.79 Å². The zero-order chi connectivity index (χ0) is 16.0. The molecule has 0 aliphatic carbocycles. The first-order valence-corrected chi connectivity index (χ1v) is 7.19. The molecule has 0 saturated carbocycles. The van der Waals surface area contributed by atoms with Crippen LogP contribution < -0.4 is 5.32 Å². The van der Waals surface area contributed by atoms with Crippen LogP contribution in [0.25, 0.3) is 0 Å². The normalized spacial score (nSPS) is 13.8. The summed E-state index contributed by atoms with van der Waals surface area (Å²) in [5.74, 6) is -0.955. The second-order valence-electron chi connectivity index (χ2n) is 4.48. The lowest BCUT2D eigenvalue weighted by molar-refractivity contribution is -0.150. The summed E-state index contributed by atoms with van der Waals surface area (Å²) in [6, 6.07) is 4.72. The molecule has 2 atom stereocenters. The number of rotatable bonds is 5. The van der Waals surface area contributed by atoms with Gasteiger partial charge in [0.25, 0.3) is 5.91 Å². The summed E-state index contributed by atoms with van der Waals surface area (Å²) in [6.45, 7) is 4.98. The molecule has 1 rings (SSSR count). The molecule has 1 amide bonds. The van der Waals surface area contributed by atoms with Crippen LogP contribution in [0.15, 0.2) is 30.4 Å². The number of ether oxygens (including phenoxy) is 1. The van der Waals surface area contributed by atoms with Crippen molar-refractivity contribution in [3.05, 3.63) is 46.0 Å². The maximum Gasteiger partial charge on any atom is 0.331 e. The molecule has 1 N–H and O–H groups in total. The number of halogens is 2. The van der Waals surface area contributed by atoms with Crippen LogP contribution >= 0.6 is 23.2 Å². The SMILES string of the molecule is C/C=C/C(=O)O[C@H](C)C(=O)N[C@@H](C)c1ccc(Cl)cc1Cl. The Balaban J connectivity index is 2.67. The van der Waals surface area contributed by atoms with Crippen LogP contribution in [0.4, 0.5) is 0 Å². The summed E-state index contributed by atoms with van der Waals surface area (Å²) in [5, 5.41) is 3.73. The molecule has 0 bridgehead atoms. The molecule has 21 heavy (non-hydrogen) atoms. The number of carbonyl (C=O) groups excluding carboxylic acids is 2. The minimum Gasteiger partial charge on any atom is -0.449 e. The number of hydrogen-bond donors (Lipinski definition) is 1. The van der Waals surface area contributed by atoms with Crippen molar-refractivity contribution in [3.63, 3.8) is 0 Å². The Kier molecular flexibility index (Phi) is 6.72. The fraction of sp³-hybridized carbons (Fsp3) is 0.333. The molecule has 0 fully saturated rings. The molecule has 0 aromatic heterocycles. The zero-order valence-corrected chi connectivity index (χ0v) is 13.5. The van der Waals surface area contributed by atoms with Gasteiger partial charge in [-0.05, 0) is 38.5 Å². The summed E-state index contributed by atoms with van der Waals surface area (Å²) in [4.78, 5) is 23.2. The average Bonchev–Trinajstić information content (AvgIpc) is 2.38. The molecular formula is C15H17Cl2NO3. The Morgan fingerprint density at radius 1 is 1.29 bits per heavy atom. The van der Waals surface area contributed by atoms with Gasteiger partial charge in [-0.3, -0.25) is 4.79 Å². The van der Waals surface area contributed by atoms with Crippen LogP contribution in [0.1, 0.15) is 32.4 Å². The molecule has 0 spiro atoms. The van der Waals surface area contributed by atoms with Gasteiger partial charge >= 0.3 is 5.97 Å². The maximum absolute atomic E-state index is 12.0. The van der Waals surface area contributed by atoms with Crippen molar-refractivity contribution in [1.82, 2.24) is 5.32 Å². The number of amides is 1. The summed E-state index contributed by atoms with van der Waals surface area (Å²) >= 11 is 11.9. The molecule has 0 heterocycles. The van der Waals surface area contributed by atoms with Crippen molar-refractivity contribution in [2.45, 2.75) is 32.9 Å². The molecule has 1 aromatic carbocycles. The standard InChI is InChI=1S/C15H17Cl2NO3/c1-4-5-14(19)21-10(3)15(20)18-9(2)12-7-6-11(16)8-13(12)17/h4-10H,1-3H3,(H,18,20)/b5-4+/t9-,10+/m0/s1. The van der Waals surface area contributed by atoms with E-state index in [-0.39, 0.29) is 6.04 Å². The van der Waals surface area contributed by atoms with E-state index in [0.29, 0.717) is 10.0 Å². The Hall–Kier alpha value is -1.52. The molecule has 0 unspecified atom stereocenters. The predicted octanol–water partition coefficient (Wildman–Crippen LogP) is 3.68. The maximum atomic E-state index is 12.0. The highest BCUT2D eigenvalue weighted by atomic mass is 35.5. The van der Waals surface area contributed by atoms with Crippen LogP contribution in [0, 0.1) is 0 Å². The zero-order valence-electron chi connectivity index (χ0n) is 12.0. The molecule has 0 saturated heterocycles. The average molecular weight is 330 g/mol. The minimum absolute atomic E-state index is 0.329. The smallest absolute Gasteiger partial charge is 0.331 e. The van der Waals surface area contributed by atoms with Gasteiger partial charge in [0.15, 0.2) is 6.10 Å². The monoisotopic (exact) mass is 329 g/mol. The van der Waals surface area contributed by atoms with E-state index < -0.39 is 18.0 Å². The van der Waals surface area contributed by atoms with Gasteiger partial charge in [0.2, 0.25) is 0 Å². The number of nitrogens with one attached hydrogen (secondary N) is 1. The van der Waals surface area contributed by atoms with Gasteiger partial charge in [0.1, 0.15) is 0 Å². The van der Waals surface area contributed by atoms with Gasteiger partial charge < -0.3 is 10.1 Å². The van der Waals surface area contributed by atoms with Gasteiger partial charge in [0.05, 0.1) is 6.04 Å². The van der Waals surface area contributed by atoms with Crippen molar-refractivity contribution in [3.8, 4) is 0 Å². The van der Waals surface area contributed by atoms with Gasteiger partial charge in [-0.15, -0.1) is 0 Å². The van der Waals surface area contributed by atoms with Crippen LogP contribution in [-0.4, -0.2) is 18.0 Å². The van der Waals surface area contributed by atoms with E-state index in [9.17, 15) is 9.59 Å². The van der Waals surface area contributed by atoms with E-state index in [2.05, 4.69) is 5.32 Å². The number of benzene rings is 1. The van der Waals surface area contributed by atoms with Gasteiger partial charge in [-0.1, -0.05) is 35.3 Å². The third kappa shape index (κ3) is 5.40. The van der Waals surface area contributed by atoms with Crippen LogP contribution in [0.3, 0.4) is 0 Å². The Labute approximate surface area is 134 Å². The second-order valence-corrected chi connectivity index (χ2v) is 5.32. The van der Waals surface area contributed by atoms with Gasteiger partial charge in [0, 0.05) is 16.1 Å². The van der Waals surface area contributed by atoms with Crippen molar-refractivity contribution in [2.75, 3.05) is 0 Å². The first-order chi connectivity index (χ1) is 9.85. The highest BCUT2D eigenvalue weighted by Crippen LogP contribution is 2.26. The lowest BCUT2D eigenvalue weighted by Gasteiger charge is -2.19. The topological polar surface area (TPSA) is 55.4 Å². The van der Waals surface area contributed by atoms with E-state index >= 15 is 0 Å². The molecule has 114 valence electrons. The Bertz CT molecular complexity index is 558. The number of hydrogen-bond acceptors (Lipinski definition) is 3. The first kappa shape index (κ1) is 17.5. The molecular weight excluding hydrogens is 313 g/mol. The molecule has 0 radical (unpaired) electrons. The summed E-state index contributed by atoms with van der Waals surface area (Å²) in [5.41, 5.74) is 0.737. The van der Waals surface area contributed by atoms with Crippen molar-refractivity contribution >= 4 is 35.1 Å². The van der Waals surface area contributed by atoms with E-state index in [1.54, 1.807) is 38.1 Å². The Morgan fingerprint density at radius 3 is 2.52 bits per heavy atom. The van der Waals surface area contributed by atoms with Crippen molar-refractivity contribution in [2.24, 2.45) is 0 Å². The van der Waals surface area contributed by atoms with Crippen LogP contribution in [-0.2, 0) is 14.3 Å². The predicted molar refractivity (Wildman–Crippen MR) is 83.4 cm³/mol. The third-order valence-corrected chi connectivity index (χ3v) is 3.32. The highest BCUT2D eigenvalue weighted by Gasteiger charge is 2.20. The summed E-state index contributed by atoms with van der Waals surface area (Å²) in [6.07, 6.45) is 1.91. The fourth-order valence-electron chi connectivity index (χ4n) is 1.66. The fourth-order valence-corrected chi connectivity index (χ4v) is 2.24. The third-order valence-electron chi connectivity index (χ3n) is 2.75. The van der Waals surface area contributed by atoms with Gasteiger partial charge in [-0.2, -0.15) is 0 Å². The van der Waals surface area contributed by atoms with Crippen LogP contribution in [0.2, 0.25) is 10.0 Å². The number of allylic oxidation sites excluding steroid dienone is 1. The van der Waals surface area contributed by atoms with E-state index in [1.807, 2.05) is 0 Å². The second kappa shape index (κ2) is 8.05. The lowest BCUT2D eigenvalue weighted by Crippen LogP contribution is -2.37. The molecule has 4 nitrogen and oxygen atoms in total.